The first kappa shape index (κ1) is 22.1. The molecule has 0 aliphatic carbocycles. The molecule has 4 heterocycles. The van der Waals surface area contributed by atoms with Gasteiger partial charge in [0.1, 0.15) is 11.3 Å². The zero-order valence-corrected chi connectivity index (χ0v) is 20.0. The number of aliphatic hydroxyl groups is 2. The Morgan fingerprint density at radius 3 is 2.79 bits per heavy atom. The molecule has 2 saturated heterocycles. The molecule has 0 amide bonds. The fourth-order valence-electron chi connectivity index (χ4n) is 5.07. The number of aliphatic hydroxyl groups excluding tert-OH is 2. The van der Waals surface area contributed by atoms with Gasteiger partial charge < -0.3 is 25.2 Å². The third kappa shape index (κ3) is 4.14. The van der Waals surface area contributed by atoms with E-state index < -0.39 is 11.7 Å². The number of aromatic nitrogens is 1. The van der Waals surface area contributed by atoms with E-state index in [1.54, 1.807) is 4.90 Å². The summed E-state index contributed by atoms with van der Waals surface area (Å²) in [6.07, 6.45) is 0.0116. The quantitative estimate of drug-likeness (QED) is 0.528. The van der Waals surface area contributed by atoms with Crippen LogP contribution in [0.15, 0.2) is 53.4 Å². The minimum absolute atomic E-state index is 0.343. The number of hydrogen-bond donors (Lipinski definition) is 3. The highest BCUT2D eigenvalue weighted by molar-refractivity contribution is 7.99. The summed E-state index contributed by atoms with van der Waals surface area (Å²) < 4.78 is 5.39. The lowest BCUT2D eigenvalue weighted by molar-refractivity contribution is -0.0571. The van der Waals surface area contributed by atoms with Crippen molar-refractivity contribution in [1.82, 2.24) is 9.88 Å². The number of hydrogen-bond acceptors (Lipinski definition) is 8. The van der Waals surface area contributed by atoms with E-state index in [-0.39, 0.29) is 0 Å². The molecule has 8 heteroatoms. The van der Waals surface area contributed by atoms with Crippen molar-refractivity contribution in [2.75, 3.05) is 36.5 Å². The lowest BCUT2D eigenvalue weighted by atomic mass is 10.1. The molecular formula is C26H30N4O3S. The van der Waals surface area contributed by atoms with Crippen molar-refractivity contribution in [3.8, 4) is 0 Å². The summed E-state index contributed by atoms with van der Waals surface area (Å²) in [5.74, 6) is 0.657. The number of pyridine rings is 1. The van der Waals surface area contributed by atoms with Gasteiger partial charge >= 0.3 is 0 Å². The number of aryl methyl sites for hydroxylation is 1. The molecular weight excluding hydrogens is 448 g/mol. The average molecular weight is 479 g/mol. The molecule has 3 N–H and O–H groups in total. The number of benzene rings is 2. The Kier molecular flexibility index (Phi) is 5.87. The van der Waals surface area contributed by atoms with Gasteiger partial charge in [0, 0.05) is 47.7 Å². The summed E-state index contributed by atoms with van der Waals surface area (Å²) in [5, 5.41) is 26.6. The number of thioether (sulfide) groups is 1. The van der Waals surface area contributed by atoms with Crippen molar-refractivity contribution in [3.05, 3.63) is 59.7 Å². The molecule has 0 radical (unpaired) electrons. The first-order chi connectivity index (χ1) is 16.5. The van der Waals surface area contributed by atoms with E-state index in [0.717, 1.165) is 59.8 Å². The average Bonchev–Trinajstić information content (AvgIpc) is 3.19. The normalized spacial score (nSPS) is 25.7. The van der Waals surface area contributed by atoms with Crippen molar-refractivity contribution >= 4 is 34.2 Å². The molecule has 34 heavy (non-hydrogen) atoms. The minimum atomic E-state index is -1.07. The van der Waals surface area contributed by atoms with Gasteiger partial charge in [0.25, 0.3) is 0 Å². The summed E-state index contributed by atoms with van der Waals surface area (Å²) in [4.78, 5) is 10.2. The number of nitrogens with zero attached hydrogens (tertiary/aromatic N) is 3. The van der Waals surface area contributed by atoms with Gasteiger partial charge in [-0.2, -0.15) is 0 Å². The molecule has 0 bridgehead atoms. The highest BCUT2D eigenvalue weighted by Crippen LogP contribution is 2.37. The Hall–Kier alpha value is -2.36. The van der Waals surface area contributed by atoms with Crippen LogP contribution in [-0.2, 0) is 11.3 Å². The molecule has 3 aliphatic heterocycles. The van der Waals surface area contributed by atoms with Gasteiger partial charge in [0.15, 0.2) is 6.23 Å². The second kappa shape index (κ2) is 9.02. The summed E-state index contributed by atoms with van der Waals surface area (Å²) >= 11 is 1.29. The van der Waals surface area contributed by atoms with Crippen LogP contribution < -0.4 is 10.2 Å². The van der Waals surface area contributed by atoms with Crippen LogP contribution >= 0.6 is 11.8 Å². The van der Waals surface area contributed by atoms with E-state index in [9.17, 15) is 10.2 Å². The van der Waals surface area contributed by atoms with Crippen LogP contribution in [0.3, 0.4) is 0 Å². The van der Waals surface area contributed by atoms with E-state index in [0.29, 0.717) is 24.4 Å². The first-order valence-electron chi connectivity index (χ1n) is 11.9. The monoisotopic (exact) mass is 478 g/mol. The van der Waals surface area contributed by atoms with E-state index in [2.05, 4.69) is 29.3 Å². The molecule has 2 fully saturated rings. The van der Waals surface area contributed by atoms with Crippen LogP contribution in [-0.4, -0.2) is 70.1 Å². The second-order valence-corrected chi connectivity index (χ2v) is 10.7. The van der Waals surface area contributed by atoms with Crippen LogP contribution in [0, 0.1) is 6.92 Å². The Morgan fingerprint density at radius 2 is 1.97 bits per heavy atom. The standard InChI is InChI=1S/C26H30N4O3S/c1-16-6-7-21-20(10-16)22(27-18-8-9-29(13-18)19-14-33-15-19)11-24(28-21)30-12-17-4-2-3-5-23(17)34-26(32)25(30)31/h2-7,10-11,18-19,25-26,31-32H,8-9,12-15H2,1H3,(H,27,28). The number of fused-ring (bicyclic) bond motifs is 2. The first-order valence-corrected chi connectivity index (χ1v) is 12.8. The Labute approximate surface area is 203 Å². The highest BCUT2D eigenvalue weighted by Gasteiger charge is 2.34. The van der Waals surface area contributed by atoms with E-state index in [1.165, 1.54) is 17.3 Å². The van der Waals surface area contributed by atoms with Crippen molar-refractivity contribution in [2.45, 2.75) is 48.5 Å². The largest absolute Gasteiger partial charge is 0.380 e. The topological polar surface area (TPSA) is 81.1 Å². The summed E-state index contributed by atoms with van der Waals surface area (Å²) in [6, 6.07) is 17.2. The zero-order chi connectivity index (χ0) is 23.2. The molecule has 0 saturated carbocycles. The summed E-state index contributed by atoms with van der Waals surface area (Å²) in [5.41, 5.74) is 3.17. The van der Waals surface area contributed by atoms with Gasteiger partial charge in [-0.05, 0) is 37.1 Å². The summed E-state index contributed by atoms with van der Waals surface area (Å²) in [6.45, 7) is 6.31. The minimum Gasteiger partial charge on any atom is -0.380 e. The van der Waals surface area contributed by atoms with Gasteiger partial charge in [0.2, 0.25) is 0 Å². The number of nitrogens with one attached hydrogen (secondary N) is 1. The third-order valence-corrected chi connectivity index (χ3v) is 8.23. The molecule has 6 rings (SSSR count). The lowest BCUT2D eigenvalue weighted by Crippen LogP contribution is -2.48. The van der Waals surface area contributed by atoms with Crippen molar-refractivity contribution in [2.24, 2.45) is 0 Å². The fraction of sp³-hybridized carbons (Fsp3) is 0.423. The van der Waals surface area contributed by atoms with Gasteiger partial charge in [-0.3, -0.25) is 4.90 Å². The van der Waals surface area contributed by atoms with E-state index >= 15 is 0 Å². The van der Waals surface area contributed by atoms with Crippen molar-refractivity contribution in [1.29, 1.82) is 0 Å². The Morgan fingerprint density at radius 1 is 1.12 bits per heavy atom. The van der Waals surface area contributed by atoms with Crippen LogP contribution in [0.5, 0.6) is 0 Å². The maximum atomic E-state index is 11.0. The molecule has 178 valence electrons. The molecule has 1 aromatic heterocycles. The summed E-state index contributed by atoms with van der Waals surface area (Å²) in [7, 11) is 0. The van der Waals surface area contributed by atoms with Gasteiger partial charge in [-0.25, -0.2) is 4.98 Å². The maximum Gasteiger partial charge on any atom is 0.164 e. The zero-order valence-electron chi connectivity index (χ0n) is 19.2. The van der Waals surface area contributed by atoms with E-state index in [1.807, 2.05) is 36.4 Å². The third-order valence-electron chi connectivity index (χ3n) is 7.10. The lowest BCUT2D eigenvalue weighted by Gasteiger charge is -2.34. The van der Waals surface area contributed by atoms with Crippen LogP contribution in [0.4, 0.5) is 11.5 Å². The van der Waals surface area contributed by atoms with E-state index in [4.69, 9.17) is 9.72 Å². The Bertz CT molecular complexity index is 1200. The van der Waals surface area contributed by atoms with Gasteiger partial charge in [-0.15, -0.1) is 0 Å². The molecule has 2 aromatic carbocycles. The highest BCUT2D eigenvalue weighted by atomic mass is 32.2. The maximum absolute atomic E-state index is 11.0. The molecule has 7 nitrogen and oxygen atoms in total. The fourth-order valence-corrected chi connectivity index (χ4v) is 6.04. The van der Waals surface area contributed by atoms with Gasteiger partial charge in [0.05, 0.1) is 24.8 Å². The van der Waals surface area contributed by atoms with Crippen molar-refractivity contribution in [3.63, 3.8) is 0 Å². The molecule has 3 aliphatic rings. The Balaban J connectivity index is 1.36. The SMILES string of the molecule is Cc1ccc2nc(N3Cc4ccccc4SC(O)C3O)cc(NC3CCN(C4COC4)C3)c2c1. The molecule has 0 spiro atoms. The number of rotatable bonds is 4. The predicted molar refractivity (Wildman–Crippen MR) is 135 cm³/mol. The number of anilines is 2. The predicted octanol–water partition coefficient (Wildman–Crippen LogP) is 3.18. The smallest absolute Gasteiger partial charge is 0.164 e. The molecule has 3 atom stereocenters. The second-order valence-electron chi connectivity index (χ2n) is 9.52. The van der Waals surface area contributed by atoms with Crippen LogP contribution in [0.2, 0.25) is 0 Å². The van der Waals surface area contributed by atoms with Gasteiger partial charge in [-0.1, -0.05) is 41.6 Å². The number of ether oxygens (including phenoxy) is 1. The molecule has 3 unspecified atom stereocenters. The van der Waals surface area contributed by atoms with Crippen LogP contribution in [0.25, 0.3) is 10.9 Å². The van der Waals surface area contributed by atoms with Crippen LogP contribution in [0.1, 0.15) is 17.5 Å². The molecule has 3 aromatic rings. The number of likely N-dealkylation sites (tertiary alicyclic amines) is 1. The van der Waals surface area contributed by atoms with Crippen molar-refractivity contribution < 1.29 is 14.9 Å².